The molecule has 0 radical (unpaired) electrons. The van der Waals surface area contributed by atoms with E-state index < -0.39 is 29.7 Å². The van der Waals surface area contributed by atoms with Crippen LogP contribution in [-0.4, -0.2) is 12.1 Å². The number of amides is 1. The summed E-state index contributed by atoms with van der Waals surface area (Å²) in [6.07, 6.45) is -2.62. The fraction of sp³-hybridized carbons (Fsp3) is 0.350. The minimum Gasteiger partial charge on any atom is -0.323 e. The molecule has 2 nitrogen and oxygen atoms in total. The Morgan fingerprint density at radius 3 is 2.33 bits per heavy atom. The van der Waals surface area contributed by atoms with Crippen LogP contribution in [-0.2, 0) is 4.79 Å². The van der Waals surface area contributed by atoms with E-state index in [0.717, 1.165) is 25.3 Å². The molecule has 1 amide bonds. The highest BCUT2D eigenvalue weighted by Gasteiger charge is 2.45. The van der Waals surface area contributed by atoms with Gasteiger partial charge >= 0.3 is 6.18 Å². The molecule has 1 aliphatic carbocycles. The molecule has 1 aliphatic rings. The summed E-state index contributed by atoms with van der Waals surface area (Å²) in [6.45, 7) is 0.940. The lowest BCUT2D eigenvalue weighted by molar-refractivity contribution is -0.178. The van der Waals surface area contributed by atoms with E-state index in [4.69, 9.17) is 11.6 Å². The summed E-state index contributed by atoms with van der Waals surface area (Å²) in [5.41, 5.74) is 0.942. The summed E-state index contributed by atoms with van der Waals surface area (Å²) >= 11 is 5.80. The zero-order valence-corrected chi connectivity index (χ0v) is 15.2. The standard InChI is InChI=1S/C20H18ClF4NO/c1-11(20(23,24)25)18(13-4-7-15(21)8-5-13)19(27)26-17-10-14(12-2-3-12)6-9-16(17)22/h4-12,18H,2-3H2,1H3,(H,26,27)/t11-,18+/m1/s1. The van der Waals surface area contributed by atoms with E-state index in [0.29, 0.717) is 10.9 Å². The summed E-state index contributed by atoms with van der Waals surface area (Å²) in [5, 5.41) is 2.70. The summed E-state index contributed by atoms with van der Waals surface area (Å²) in [6, 6.07) is 9.98. The second-order valence-electron chi connectivity index (χ2n) is 6.86. The smallest absolute Gasteiger partial charge is 0.323 e. The first-order valence-corrected chi connectivity index (χ1v) is 8.97. The van der Waals surface area contributed by atoms with E-state index in [9.17, 15) is 22.4 Å². The van der Waals surface area contributed by atoms with Gasteiger partial charge in [0.05, 0.1) is 17.5 Å². The molecule has 0 bridgehead atoms. The summed E-state index contributed by atoms with van der Waals surface area (Å²) < 4.78 is 54.1. The van der Waals surface area contributed by atoms with Gasteiger partial charge in [0.2, 0.25) is 5.91 Å². The molecule has 0 aromatic heterocycles. The van der Waals surface area contributed by atoms with Crippen molar-refractivity contribution in [2.24, 2.45) is 5.92 Å². The fourth-order valence-electron chi connectivity index (χ4n) is 3.05. The predicted molar refractivity (Wildman–Crippen MR) is 96.4 cm³/mol. The molecule has 1 saturated carbocycles. The number of hydrogen-bond donors (Lipinski definition) is 1. The molecule has 27 heavy (non-hydrogen) atoms. The molecule has 2 atom stereocenters. The fourth-order valence-corrected chi connectivity index (χ4v) is 3.17. The molecule has 1 fully saturated rings. The summed E-state index contributed by atoms with van der Waals surface area (Å²) in [4.78, 5) is 12.7. The highest BCUT2D eigenvalue weighted by atomic mass is 35.5. The Bertz CT molecular complexity index is 831. The van der Waals surface area contributed by atoms with Crippen molar-refractivity contribution in [2.75, 3.05) is 5.32 Å². The van der Waals surface area contributed by atoms with Gasteiger partial charge in [-0.15, -0.1) is 0 Å². The number of benzene rings is 2. The Hall–Kier alpha value is -2.08. The van der Waals surface area contributed by atoms with E-state index in [-0.39, 0.29) is 11.3 Å². The molecule has 0 aliphatic heterocycles. The van der Waals surface area contributed by atoms with Crippen molar-refractivity contribution in [3.05, 3.63) is 64.4 Å². The van der Waals surface area contributed by atoms with Crippen molar-refractivity contribution in [1.29, 1.82) is 0 Å². The second kappa shape index (κ2) is 7.50. The van der Waals surface area contributed by atoms with Gasteiger partial charge in [-0.2, -0.15) is 13.2 Å². The van der Waals surface area contributed by atoms with E-state index in [1.807, 2.05) is 0 Å². The quantitative estimate of drug-likeness (QED) is 0.589. The maximum atomic E-state index is 14.1. The van der Waals surface area contributed by atoms with E-state index in [1.54, 1.807) is 6.07 Å². The largest absolute Gasteiger partial charge is 0.392 e. The van der Waals surface area contributed by atoms with Gasteiger partial charge in [0.1, 0.15) is 5.82 Å². The van der Waals surface area contributed by atoms with Gasteiger partial charge in [0, 0.05) is 5.02 Å². The molecule has 0 saturated heterocycles. The highest BCUT2D eigenvalue weighted by molar-refractivity contribution is 6.30. The molecular formula is C20H18ClF4NO. The topological polar surface area (TPSA) is 29.1 Å². The molecule has 0 spiro atoms. The minimum absolute atomic E-state index is 0.0993. The molecule has 0 unspecified atom stereocenters. The maximum absolute atomic E-state index is 14.1. The monoisotopic (exact) mass is 399 g/mol. The number of nitrogens with one attached hydrogen (secondary N) is 1. The summed E-state index contributed by atoms with van der Waals surface area (Å²) in [5.74, 6) is -4.74. The van der Waals surface area contributed by atoms with Gasteiger partial charge in [0.15, 0.2) is 0 Å². The van der Waals surface area contributed by atoms with Crippen LogP contribution in [0.5, 0.6) is 0 Å². The third kappa shape index (κ3) is 4.61. The van der Waals surface area contributed by atoms with Crippen LogP contribution in [0.25, 0.3) is 0 Å². The normalized spacial score (nSPS) is 16.7. The number of hydrogen-bond acceptors (Lipinski definition) is 1. The Kier molecular flexibility index (Phi) is 5.47. The number of carbonyl (C=O) groups excluding carboxylic acids is 1. The second-order valence-corrected chi connectivity index (χ2v) is 7.30. The molecule has 144 valence electrons. The van der Waals surface area contributed by atoms with Gasteiger partial charge in [-0.05, 0) is 54.2 Å². The molecule has 1 N–H and O–H groups in total. The highest BCUT2D eigenvalue weighted by Crippen LogP contribution is 2.42. The molecular weight excluding hydrogens is 382 g/mol. The lowest BCUT2D eigenvalue weighted by Gasteiger charge is -2.26. The van der Waals surface area contributed by atoms with Crippen LogP contribution in [0.15, 0.2) is 42.5 Å². The number of rotatable bonds is 5. The zero-order valence-electron chi connectivity index (χ0n) is 14.5. The van der Waals surface area contributed by atoms with Crippen LogP contribution >= 0.6 is 11.6 Å². The minimum atomic E-state index is -4.59. The Morgan fingerprint density at radius 1 is 1.15 bits per heavy atom. The van der Waals surface area contributed by atoms with Crippen LogP contribution in [0.1, 0.15) is 42.7 Å². The van der Waals surface area contributed by atoms with Crippen LogP contribution < -0.4 is 5.32 Å². The predicted octanol–water partition coefficient (Wildman–Crippen LogP) is 6.28. The first-order chi connectivity index (χ1) is 12.7. The van der Waals surface area contributed by atoms with E-state index >= 15 is 0 Å². The Balaban J connectivity index is 1.91. The average Bonchev–Trinajstić information content (AvgIpc) is 3.43. The number of anilines is 1. The van der Waals surface area contributed by atoms with Crippen molar-refractivity contribution in [3.63, 3.8) is 0 Å². The van der Waals surface area contributed by atoms with Crippen LogP contribution in [0.4, 0.5) is 23.2 Å². The van der Waals surface area contributed by atoms with E-state index in [1.165, 1.54) is 36.4 Å². The van der Waals surface area contributed by atoms with Crippen LogP contribution in [0, 0.1) is 11.7 Å². The van der Waals surface area contributed by atoms with Gasteiger partial charge in [0.25, 0.3) is 0 Å². The lowest BCUT2D eigenvalue weighted by atomic mass is 9.86. The van der Waals surface area contributed by atoms with Gasteiger partial charge < -0.3 is 5.32 Å². The lowest BCUT2D eigenvalue weighted by Crippen LogP contribution is -2.34. The Labute approximate surface area is 159 Å². The molecule has 2 aromatic carbocycles. The van der Waals surface area contributed by atoms with Gasteiger partial charge in [-0.1, -0.05) is 36.7 Å². The third-order valence-electron chi connectivity index (χ3n) is 4.82. The van der Waals surface area contributed by atoms with Crippen LogP contribution in [0.3, 0.4) is 0 Å². The van der Waals surface area contributed by atoms with Crippen molar-refractivity contribution in [3.8, 4) is 0 Å². The first-order valence-electron chi connectivity index (χ1n) is 8.59. The van der Waals surface area contributed by atoms with Crippen molar-refractivity contribution < 1.29 is 22.4 Å². The first kappa shape index (κ1) is 19.7. The molecule has 0 heterocycles. The molecule has 3 rings (SSSR count). The third-order valence-corrected chi connectivity index (χ3v) is 5.08. The Morgan fingerprint density at radius 2 is 1.78 bits per heavy atom. The molecule has 7 heteroatoms. The van der Waals surface area contributed by atoms with E-state index in [2.05, 4.69) is 5.32 Å². The average molecular weight is 400 g/mol. The number of carbonyl (C=O) groups is 1. The van der Waals surface area contributed by atoms with Crippen molar-refractivity contribution in [2.45, 2.75) is 37.8 Å². The zero-order chi connectivity index (χ0) is 19.8. The SMILES string of the molecule is C[C@H]([C@H](C(=O)Nc1cc(C2CC2)ccc1F)c1ccc(Cl)cc1)C(F)(F)F. The molecule has 2 aromatic rings. The van der Waals surface area contributed by atoms with Gasteiger partial charge in [-0.25, -0.2) is 4.39 Å². The van der Waals surface area contributed by atoms with Crippen molar-refractivity contribution >= 4 is 23.2 Å². The number of alkyl halides is 3. The van der Waals surface area contributed by atoms with Gasteiger partial charge in [-0.3, -0.25) is 4.79 Å². The number of halogens is 5. The van der Waals surface area contributed by atoms with Crippen molar-refractivity contribution in [1.82, 2.24) is 0 Å². The van der Waals surface area contributed by atoms with Crippen LogP contribution in [0.2, 0.25) is 5.02 Å². The maximum Gasteiger partial charge on any atom is 0.392 e. The summed E-state index contributed by atoms with van der Waals surface area (Å²) in [7, 11) is 0.